The first-order chi connectivity index (χ1) is 16.7. The van der Waals surface area contributed by atoms with Crippen molar-refractivity contribution in [1.29, 1.82) is 5.41 Å². The van der Waals surface area contributed by atoms with E-state index >= 15 is 0 Å². The molecule has 0 aromatic carbocycles. The van der Waals surface area contributed by atoms with Gasteiger partial charge in [0.15, 0.2) is 5.82 Å². The zero-order valence-electron chi connectivity index (χ0n) is 19.9. The van der Waals surface area contributed by atoms with Gasteiger partial charge in [0.25, 0.3) is 6.43 Å². The highest BCUT2D eigenvalue weighted by atomic mass is 19.3. The first-order valence-corrected chi connectivity index (χ1v) is 11.4. The lowest BCUT2D eigenvalue weighted by Gasteiger charge is -2.27. The number of halogens is 3. The van der Waals surface area contributed by atoms with Crippen LogP contribution in [0.5, 0.6) is 0 Å². The number of hydrogen-bond acceptors (Lipinski definition) is 7. The monoisotopic (exact) mass is 483 g/mol. The molecule has 0 radical (unpaired) electrons. The number of nitrogens with zero attached hydrogens (tertiary/aromatic N) is 4. The molecular weight excluding hydrogens is 455 g/mol. The first-order valence-electron chi connectivity index (χ1n) is 11.4. The molecule has 184 valence electrons. The maximum atomic E-state index is 14.7. The second-order valence-corrected chi connectivity index (χ2v) is 8.77. The van der Waals surface area contributed by atoms with Gasteiger partial charge in [0.2, 0.25) is 5.95 Å². The van der Waals surface area contributed by atoms with Crippen LogP contribution in [0.2, 0.25) is 0 Å². The maximum Gasteiger partial charge on any atom is 0.251 e. The van der Waals surface area contributed by atoms with E-state index in [9.17, 15) is 13.2 Å². The van der Waals surface area contributed by atoms with Crippen molar-refractivity contribution in [2.24, 2.45) is 5.92 Å². The lowest BCUT2D eigenvalue weighted by atomic mass is 9.93. The lowest BCUT2D eigenvalue weighted by Crippen LogP contribution is -2.34. The smallest absolute Gasteiger partial charge is 0.251 e. The van der Waals surface area contributed by atoms with Gasteiger partial charge in [-0.05, 0) is 29.7 Å². The molecule has 1 aliphatic heterocycles. The van der Waals surface area contributed by atoms with E-state index in [-0.39, 0.29) is 24.1 Å². The highest BCUT2D eigenvalue weighted by molar-refractivity contribution is 6.13. The van der Waals surface area contributed by atoms with E-state index in [1.807, 2.05) is 19.9 Å². The van der Waals surface area contributed by atoms with Crippen LogP contribution < -0.4 is 10.6 Å². The molecule has 0 atom stereocenters. The highest BCUT2D eigenvalue weighted by Gasteiger charge is 2.21. The van der Waals surface area contributed by atoms with Gasteiger partial charge in [-0.1, -0.05) is 26.0 Å². The van der Waals surface area contributed by atoms with Gasteiger partial charge >= 0.3 is 0 Å². The predicted molar refractivity (Wildman–Crippen MR) is 130 cm³/mol. The lowest BCUT2D eigenvalue weighted by molar-refractivity contribution is 0.0817. The second-order valence-electron chi connectivity index (χ2n) is 8.77. The van der Waals surface area contributed by atoms with Crippen molar-refractivity contribution in [3.05, 3.63) is 70.6 Å². The predicted octanol–water partition coefficient (Wildman–Crippen LogP) is 4.48. The largest absolute Gasteiger partial charge is 0.391 e. The van der Waals surface area contributed by atoms with E-state index in [1.54, 1.807) is 36.2 Å². The molecule has 3 heterocycles. The summed E-state index contributed by atoms with van der Waals surface area (Å²) in [5.74, 6) is 0.259. The Kier molecular flexibility index (Phi) is 7.30. The van der Waals surface area contributed by atoms with Gasteiger partial charge in [0.1, 0.15) is 11.5 Å². The Balaban J connectivity index is 1.58. The zero-order valence-corrected chi connectivity index (χ0v) is 19.9. The van der Waals surface area contributed by atoms with Crippen LogP contribution in [0.1, 0.15) is 30.8 Å². The third kappa shape index (κ3) is 5.59. The highest BCUT2D eigenvalue weighted by Crippen LogP contribution is 2.28. The van der Waals surface area contributed by atoms with E-state index in [0.29, 0.717) is 42.2 Å². The molecule has 3 N–H and O–H groups in total. The topological polar surface area (TPSA) is 89.8 Å². The molecule has 2 aliphatic rings. The van der Waals surface area contributed by atoms with E-state index < -0.39 is 12.2 Å². The minimum Gasteiger partial charge on any atom is -0.391 e. The van der Waals surface area contributed by atoms with Gasteiger partial charge < -0.3 is 16.0 Å². The Labute approximate surface area is 202 Å². The maximum absolute atomic E-state index is 14.7. The fourth-order valence-corrected chi connectivity index (χ4v) is 4.29. The summed E-state index contributed by atoms with van der Waals surface area (Å²) >= 11 is 0. The molecular formula is C25H28F3N7. The van der Waals surface area contributed by atoms with Crippen molar-refractivity contribution in [3.63, 3.8) is 0 Å². The number of allylic oxidation sites excluding steroid dienone is 6. The molecule has 0 bridgehead atoms. The van der Waals surface area contributed by atoms with Crippen LogP contribution in [0.25, 0.3) is 5.57 Å². The van der Waals surface area contributed by atoms with Crippen LogP contribution in [0.4, 0.5) is 24.9 Å². The van der Waals surface area contributed by atoms with E-state index in [4.69, 9.17) is 5.41 Å². The third-order valence-corrected chi connectivity index (χ3v) is 5.94. The van der Waals surface area contributed by atoms with Crippen molar-refractivity contribution in [1.82, 2.24) is 25.2 Å². The molecule has 0 saturated carbocycles. The van der Waals surface area contributed by atoms with Gasteiger partial charge in [0.05, 0.1) is 18.5 Å². The Bertz CT molecular complexity index is 1220. The fourth-order valence-electron chi connectivity index (χ4n) is 4.29. The Hall–Kier alpha value is -3.53. The third-order valence-electron chi connectivity index (χ3n) is 5.94. The quantitative estimate of drug-likeness (QED) is 0.538. The van der Waals surface area contributed by atoms with Crippen molar-refractivity contribution in [2.75, 3.05) is 25.5 Å². The van der Waals surface area contributed by atoms with E-state index in [0.717, 1.165) is 23.2 Å². The van der Waals surface area contributed by atoms with Crippen LogP contribution >= 0.6 is 0 Å². The summed E-state index contributed by atoms with van der Waals surface area (Å²) in [6.45, 7) is 4.74. The SMILES string of the molecule is CN/C(=C1/C=C(c2nc(Nc3ccc4c(n3)CCN(CC(F)F)C4)ncc2F)C=CC1=N)C(C)C. The number of nitrogens with one attached hydrogen (secondary N) is 3. The van der Waals surface area contributed by atoms with Crippen LogP contribution in [-0.4, -0.2) is 52.1 Å². The normalized spacial score (nSPS) is 17.5. The van der Waals surface area contributed by atoms with Crippen molar-refractivity contribution < 1.29 is 13.2 Å². The number of pyridine rings is 1. The molecule has 0 saturated heterocycles. The van der Waals surface area contributed by atoms with Crippen LogP contribution in [0.3, 0.4) is 0 Å². The summed E-state index contributed by atoms with van der Waals surface area (Å²) in [6, 6.07) is 3.59. The number of aromatic nitrogens is 3. The average Bonchev–Trinajstić information content (AvgIpc) is 2.81. The van der Waals surface area contributed by atoms with Crippen molar-refractivity contribution in [3.8, 4) is 0 Å². The summed E-state index contributed by atoms with van der Waals surface area (Å²) in [5, 5.41) is 14.4. The molecule has 4 rings (SSSR count). The van der Waals surface area contributed by atoms with Gasteiger partial charge in [-0.25, -0.2) is 28.1 Å². The molecule has 0 unspecified atom stereocenters. The molecule has 0 amide bonds. The molecule has 1 aliphatic carbocycles. The van der Waals surface area contributed by atoms with Crippen molar-refractivity contribution >= 4 is 23.1 Å². The standard InChI is InChI=1S/C25H28F3N7/c1-14(2)23(30-3)17-10-15(4-6-19(17)29)24-18(26)11-31-25(34-24)33-22-7-5-16-12-35(13-21(27)28)9-8-20(16)32-22/h4-7,10-11,14,21,29-30H,8-9,12-13H2,1-3H3,(H,31,32,33,34)/b23-17-,29-19?. The Morgan fingerprint density at radius 3 is 2.71 bits per heavy atom. The summed E-state index contributed by atoms with van der Waals surface area (Å²) in [6.07, 6.45) is 4.35. The van der Waals surface area contributed by atoms with Gasteiger partial charge in [-0.15, -0.1) is 0 Å². The summed E-state index contributed by atoms with van der Waals surface area (Å²) < 4.78 is 40.1. The zero-order chi connectivity index (χ0) is 25.1. The van der Waals surface area contributed by atoms with Gasteiger partial charge in [-0.3, -0.25) is 4.90 Å². The minimum atomic E-state index is -2.36. The number of hydrogen-bond donors (Lipinski definition) is 3. The summed E-state index contributed by atoms with van der Waals surface area (Å²) in [5.41, 5.74) is 4.30. The number of fused-ring (bicyclic) bond motifs is 1. The molecule has 2 aromatic rings. The summed E-state index contributed by atoms with van der Waals surface area (Å²) in [4.78, 5) is 14.7. The second kappa shape index (κ2) is 10.4. The van der Waals surface area contributed by atoms with Crippen LogP contribution in [0, 0.1) is 17.1 Å². The molecule has 10 heteroatoms. The van der Waals surface area contributed by atoms with Gasteiger partial charge in [-0.2, -0.15) is 0 Å². The molecule has 7 nitrogen and oxygen atoms in total. The van der Waals surface area contributed by atoms with Crippen LogP contribution in [-0.2, 0) is 13.0 Å². The number of rotatable bonds is 7. The Morgan fingerprint density at radius 1 is 1.20 bits per heavy atom. The number of alkyl halides is 2. The minimum absolute atomic E-state index is 0.114. The van der Waals surface area contributed by atoms with E-state index in [1.165, 1.54) is 0 Å². The molecule has 0 spiro atoms. The summed E-state index contributed by atoms with van der Waals surface area (Å²) in [7, 11) is 1.80. The molecule has 0 fully saturated rings. The Morgan fingerprint density at radius 2 is 2.00 bits per heavy atom. The average molecular weight is 484 g/mol. The number of anilines is 2. The molecule has 2 aromatic heterocycles. The van der Waals surface area contributed by atoms with Crippen molar-refractivity contribution in [2.45, 2.75) is 33.2 Å². The molecule has 35 heavy (non-hydrogen) atoms. The van der Waals surface area contributed by atoms with Crippen LogP contribution in [0.15, 0.2) is 47.8 Å². The first kappa shape index (κ1) is 24.6. The fraction of sp³-hybridized carbons (Fsp3) is 0.360. The van der Waals surface area contributed by atoms with Gasteiger partial charge in [0, 0.05) is 49.1 Å². The van der Waals surface area contributed by atoms with E-state index in [2.05, 4.69) is 25.6 Å².